The highest BCUT2D eigenvalue weighted by Crippen LogP contribution is 2.21. The van der Waals surface area contributed by atoms with Gasteiger partial charge in [0.05, 0.1) is 0 Å². The van der Waals surface area contributed by atoms with Crippen LogP contribution in [0.3, 0.4) is 0 Å². The van der Waals surface area contributed by atoms with Crippen LogP contribution in [0.1, 0.15) is 0 Å². The third kappa shape index (κ3) is 3.62. The van der Waals surface area contributed by atoms with Crippen LogP contribution in [0, 0.1) is 0 Å². The van der Waals surface area contributed by atoms with Crippen molar-refractivity contribution < 1.29 is 8.42 Å². The van der Waals surface area contributed by atoms with Gasteiger partial charge in [-0.25, -0.2) is 13.4 Å². The lowest BCUT2D eigenvalue weighted by Gasteiger charge is -2.08. The van der Waals surface area contributed by atoms with E-state index in [1.807, 2.05) is 12.3 Å². The van der Waals surface area contributed by atoms with Crippen molar-refractivity contribution in [3.05, 3.63) is 47.7 Å². The summed E-state index contributed by atoms with van der Waals surface area (Å²) in [6.45, 7) is 0. The van der Waals surface area contributed by atoms with E-state index in [4.69, 9.17) is 11.6 Å². The molecule has 0 spiro atoms. The van der Waals surface area contributed by atoms with E-state index in [2.05, 4.69) is 9.71 Å². The number of rotatable bonds is 4. The van der Waals surface area contributed by atoms with Crippen molar-refractivity contribution in [3.63, 3.8) is 0 Å². The molecule has 0 fully saturated rings. The Balaban J connectivity index is 2.28. The maximum atomic E-state index is 12.1. The highest BCUT2D eigenvalue weighted by Gasteiger charge is 2.14. The fraction of sp³-hybridized carbons (Fsp3) is 0.0833. The van der Waals surface area contributed by atoms with Gasteiger partial charge in [-0.15, -0.1) is 11.8 Å². The summed E-state index contributed by atoms with van der Waals surface area (Å²) in [6.07, 6.45) is 3.15. The second kappa shape index (κ2) is 5.81. The van der Waals surface area contributed by atoms with Gasteiger partial charge in [0.25, 0.3) is 10.0 Å². The first-order valence-electron chi connectivity index (χ1n) is 5.30. The third-order valence-corrected chi connectivity index (χ3v) is 4.65. The Kier molecular flexibility index (Phi) is 4.34. The first-order valence-corrected chi connectivity index (χ1v) is 8.38. The Labute approximate surface area is 121 Å². The molecule has 100 valence electrons. The van der Waals surface area contributed by atoms with E-state index in [-0.39, 0.29) is 10.0 Å². The molecule has 1 aromatic heterocycles. The fourth-order valence-electron chi connectivity index (χ4n) is 1.42. The molecule has 1 heterocycles. The summed E-state index contributed by atoms with van der Waals surface area (Å²) in [7, 11) is -3.64. The predicted octanol–water partition coefficient (Wildman–Crippen LogP) is 3.26. The highest BCUT2D eigenvalue weighted by molar-refractivity contribution is 7.98. The highest BCUT2D eigenvalue weighted by atomic mass is 35.5. The number of sulfonamides is 1. The average Bonchev–Trinajstić information content (AvgIpc) is 2.39. The lowest BCUT2D eigenvalue weighted by molar-refractivity contribution is 0.601. The molecule has 4 nitrogen and oxygen atoms in total. The van der Waals surface area contributed by atoms with E-state index < -0.39 is 10.0 Å². The van der Waals surface area contributed by atoms with Gasteiger partial charge in [0.2, 0.25) is 0 Å². The van der Waals surface area contributed by atoms with Gasteiger partial charge in [-0.3, -0.25) is 4.72 Å². The first-order chi connectivity index (χ1) is 9.01. The average molecular weight is 315 g/mol. The van der Waals surface area contributed by atoms with Gasteiger partial charge in [0.1, 0.15) is 10.0 Å². The molecule has 0 unspecified atom stereocenters. The predicted molar refractivity (Wildman–Crippen MR) is 78.3 cm³/mol. The van der Waals surface area contributed by atoms with Crippen LogP contribution < -0.4 is 4.72 Å². The van der Waals surface area contributed by atoms with E-state index in [1.54, 1.807) is 30.0 Å². The van der Waals surface area contributed by atoms with Crippen molar-refractivity contribution in [2.75, 3.05) is 11.0 Å². The van der Waals surface area contributed by atoms with Crippen molar-refractivity contribution in [1.82, 2.24) is 4.98 Å². The Morgan fingerprint density at radius 2 is 2.05 bits per heavy atom. The second-order valence-electron chi connectivity index (χ2n) is 3.65. The topological polar surface area (TPSA) is 59.1 Å². The van der Waals surface area contributed by atoms with E-state index >= 15 is 0 Å². The van der Waals surface area contributed by atoms with Crippen molar-refractivity contribution in [1.29, 1.82) is 0 Å². The van der Waals surface area contributed by atoms with Crippen LogP contribution in [0.2, 0.25) is 5.15 Å². The number of nitrogens with one attached hydrogen (secondary N) is 1. The normalized spacial score (nSPS) is 11.3. The quantitative estimate of drug-likeness (QED) is 0.695. The summed E-state index contributed by atoms with van der Waals surface area (Å²) in [5.74, 6) is 0. The summed E-state index contributed by atoms with van der Waals surface area (Å²) in [4.78, 5) is 4.82. The zero-order chi connectivity index (χ0) is 13.9. The zero-order valence-electron chi connectivity index (χ0n) is 10.00. The molecule has 1 aromatic carbocycles. The molecule has 7 heteroatoms. The molecule has 0 bridgehead atoms. The number of benzene rings is 1. The summed E-state index contributed by atoms with van der Waals surface area (Å²) in [5, 5.41) is 0.253. The maximum absolute atomic E-state index is 12.1. The van der Waals surface area contributed by atoms with E-state index in [1.165, 1.54) is 18.3 Å². The molecule has 0 saturated heterocycles. The van der Waals surface area contributed by atoms with Crippen LogP contribution in [0.5, 0.6) is 0 Å². The van der Waals surface area contributed by atoms with Gasteiger partial charge in [0.15, 0.2) is 0 Å². The fourth-order valence-corrected chi connectivity index (χ4v) is 2.99. The van der Waals surface area contributed by atoms with Gasteiger partial charge < -0.3 is 0 Å². The van der Waals surface area contributed by atoms with E-state index in [9.17, 15) is 8.42 Å². The molecular weight excluding hydrogens is 304 g/mol. The number of pyridine rings is 1. The number of anilines is 1. The Morgan fingerprint density at radius 1 is 1.26 bits per heavy atom. The second-order valence-corrected chi connectivity index (χ2v) is 6.60. The van der Waals surface area contributed by atoms with Crippen molar-refractivity contribution in [2.45, 2.75) is 9.79 Å². The summed E-state index contributed by atoms with van der Waals surface area (Å²) < 4.78 is 26.7. The number of hydrogen-bond acceptors (Lipinski definition) is 4. The Hall–Kier alpha value is -1.24. The molecule has 19 heavy (non-hydrogen) atoms. The van der Waals surface area contributed by atoms with Crippen LogP contribution in [-0.2, 0) is 10.0 Å². The van der Waals surface area contributed by atoms with Crippen LogP contribution in [-0.4, -0.2) is 19.7 Å². The SMILES string of the molecule is CSc1cccc(NS(=O)(=O)c2ccc(Cl)nc2)c1. The lowest BCUT2D eigenvalue weighted by atomic mass is 10.3. The molecule has 0 aliphatic heterocycles. The van der Waals surface area contributed by atoms with E-state index in [0.717, 1.165) is 4.90 Å². The first kappa shape index (κ1) is 14.2. The molecule has 0 aliphatic carbocycles. The molecule has 0 saturated carbocycles. The van der Waals surface area contributed by atoms with Gasteiger partial charge in [-0.05, 0) is 36.6 Å². The third-order valence-electron chi connectivity index (χ3n) is 2.33. The number of halogens is 1. The maximum Gasteiger partial charge on any atom is 0.263 e. The van der Waals surface area contributed by atoms with Crippen LogP contribution in [0.4, 0.5) is 5.69 Å². The molecule has 0 aliphatic rings. The zero-order valence-corrected chi connectivity index (χ0v) is 12.4. The largest absolute Gasteiger partial charge is 0.280 e. The number of hydrogen-bond donors (Lipinski definition) is 1. The molecule has 0 amide bonds. The Morgan fingerprint density at radius 3 is 2.68 bits per heavy atom. The molecule has 2 rings (SSSR count). The standard InChI is InChI=1S/C12H11ClN2O2S2/c1-18-10-4-2-3-9(7-10)15-19(16,17)11-5-6-12(13)14-8-11/h2-8,15H,1H3. The summed E-state index contributed by atoms with van der Waals surface area (Å²) in [6, 6.07) is 10.0. The minimum absolute atomic E-state index is 0.0754. The molecular formula is C12H11ClN2O2S2. The van der Waals surface area contributed by atoms with Crippen molar-refractivity contribution in [3.8, 4) is 0 Å². The molecule has 1 N–H and O–H groups in total. The van der Waals surface area contributed by atoms with Crippen molar-refractivity contribution in [2.24, 2.45) is 0 Å². The van der Waals surface area contributed by atoms with Gasteiger partial charge in [0, 0.05) is 16.8 Å². The summed E-state index contributed by atoms with van der Waals surface area (Å²) in [5.41, 5.74) is 0.516. The number of aromatic nitrogens is 1. The van der Waals surface area contributed by atoms with Gasteiger partial charge in [-0.1, -0.05) is 17.7 Å². The molecule has 0 atom stereocenters. The minimum Gasteiger partial charge on any atom is -0.280 e. The van der Waals surface area contributed by atoms with Gasteiger partial charge >= 0.3 is 0 Å². The van der Waals surface area contributed by atoms with E-state index in [0.29, 0.717) is 5.69 Å². The van der Waals surface area contributed by atoms with Crippen LogP contribution in [0.15, 0.2) is 52.4 Å². The molecule has 2 aromatic rings. The Bertz CT molecular complexity index is 672. The van der Waals surface area contributed by atoms with Crippen molar-refractivity contribution >= 4 is 39.1 Å². The van der Waals surface area contributed by atoms with Crippen LogP contribution in [0.25, 0.3) is 0 Å². The minimum atomic E-state index is -3.64. The smallest absolute Gasteiger partial charge is 0.263 e. The lowest BCUT2D eigenvalue weighted by Crippen LogP contribution is -2.13. The summed E-state index contributed by atoms with van der Waals surface area (Å²) >= 11 is 7.17. The number of nitrogens with zero attached hydrogens (tertiary/aromatic N) is 1. The number of thioether (sulfide) groups is 1. The van der Waals surface area contributed by atoms with Crippen LogP contribution >= 0.6 is 23.4 Å². The molecule has 0 radical (unpaired) electrons. The van der Waals surface area contributed by atoms with Gasteiger partial charge in [-0.2, -0.15) is 0 Å². The monoisotopic (exact) mass is 314 g/mol.